The molecule has 2 aromatic rings. The van der Waals surface area contributed by atoms with Crippen LogP contribution in [0.2, 0.25) is 5.02 Å². The fourth-order valence-corrected chi connectivity index (χ4v) is 4.75. The lowest BCUT2D eigenvalue weighted by Crippen LogP contribution is -2.41. The molecule has 1 aliphatic carbocycles. The maximum absolute atomic E-state index is 14.6. The van der Waals surface area contributed by atoms with Gasteiger partial charge in [0.2, 0.25) is 5.91 Å². The van der Waals surface area contributed by atoms with Gasteiger partial charge in [0, 0.05) is 45.1 Å². The summed E-state index contributed by atoms with van der Waals surface area (Å²) < 4.78 is 15.4. The van der Waals surface area contributed by atoms with Crippen LogP contribution in [0, 0.1) is 5.82 Å². The minimum Gasteiger partial charge on any atom is -0.294 e. The van der Waals surface area contributed by atoms with Gasteiger partial charge in [0.05, 0.1) is 5.69 Å². The van der Waals surface area contributed by atoms with E-state index in [0.717, 1.165) is 4.47 Å². The van der Waals surface area contributed by atoms with Gasteiger partial charge in [0.1, 0.15) is 5.82 Å². The normalized spacial score (nSPS) is 20.1. The molecule has 1 amide bonds. The Kier molecular flexibility index (Phi) is 4.91. The van der Waals surface area contributed by atoms with Gasteiger partial charge in [-0.2, -0.15) is 0 Å². The Hall–Kier alpha value is -1.98. The van der Waals surface area contributed by atoms with Crippen molar-refractivity contribution in [1.82, 2.24) is 0 Å². The van der Waals surface area contributed by atoms with Crippen LogP contribution in [0.5, 0.6) is 0 Å². The van der Waals surface area contributed by atoms with Crippen molar-refractivity contribution in [3.05, 3.63) is 74.6 Å². The van der Waals surface area contributed by atoms with E-state index in [2.05, 4.69) is 15.9 Å². The second-order valence-electron chi connectivity index (χ2n) is 6.71. The number of anilines is 1. The van der Waals surface area contributed by atoms with E-state index in [0.29, 0.717) is 36.2 Å². The van der Waals surface area contributed by atoms with Crippen molar-refractivity contribution in [3.63, 3.8) is 0 Å². The molecule has 1 unspecified atom stereocenters. The molecule has 3 nitrogen and oxygen atoms in total. The Balaban J connectivity index is 1.93. The highest BCUT2D eigenvalue weighted by atomic mass is 79.9. The van der Waals surface area contributed by atoms with Gasteiger partial charge in [0.25, 0.3) is 0 Å². The van der Waals surface area contributed by atoms with Crippen LogP contribution in [-0.4, -0.2) is 11.7 Å². The number of allylic oxidation sites excluding steroid dienone is 2. The van der Waals surface area contributed by atoms with Crippen LogP contribution in [0.25, 0.3) is 0 Å². The van der Waals surface area contributed by atoms with Crippen LogP contribution in [0.15, 0.2) is 58.2 Å². The number of ketones is 1. The largest absolute Gasteiger partial charge is 0.294 e. The number of nitrogens with zero attached hydrogens (tertiary/aromatic N) is 1. The molecule has 0 saturated heterocycles. The SMILES string of the molecule is O=C1CCCC2=C1C(c1c(F)cccc1Cl)CC(=O)N2c1ccccc1Br. The molecule has 2 aromatic carbocycles. The highest BCUT2D eigenvalue weighted by Gasteiger charge is 2.41. The van der Waals surface area contributed by atoms with Crippen molar-refractivity contribution < 1.29 is 14.0 Å². The lowest BCUT2D eigenvalue weighted by atomic mass is 9.77. The lowest BCUT2D eigenvalue weighted by molar-refractivity contribution is -0.119. The third-order valence-corrected chi connectivity index (χ3v) is 6.12. The first-order chi connectivity index (χ1) is 13.0. The van der Waals surface area contributed by atoms with Gasteiger partial charge in [-0.1, -0.05) is 29.8 Å². The lowest BCUT2D eigenvalue weighted by Gasteiger charge is -2.38. The quantitative estimate of drug-likeness (QED) is 0.585. The molecule has 138 valence electrons. The molecule has 0 N–H and O–H groups in total. The summed E-state index contributed by atoms with van der Waals surface area (Å²) in [6.45, 7) is 0. The van der Waals surface area contributed by atoms with E-state index in [1.54, 1.807) is 11.0 Å². The van der Waals surface area contributed by atoms with Gasteiger partial charge >= 0.3 is 0 Å². The van der Waals surface area contributed by atoms with Crippen molar-refractivity contribution in [1.29, 1.82) is 0 Å². The van der Waals surface area contributed by atoms with E-state index in [4.69, 9.17) is 11.6 Å². The number of hydrogen-bond acceptors (Lipinski definition) is 2. The minimum absolute atomic E-state index is 0.00651. The zero-order valence-corrected chi connectivity index (χ0v) is 16.7. The second kappa shape index (κ2) is 7.21. The van der Waals surface area contributed by atoms with Gasteiger partial charge in [0.15, 0.2) is 5.78 Å². The summed E-state index contributed by atoms with van der Waals surface area (Å²) in [7, 11) is 0. The molecule has 1 aliphatic heterocycles. The van der Waals surface area contributed by atoms with Crippen molar-refractivity contribution in [2.75, 3.05) is 4.90 Å². The van der Waals surface area contributed by atoms with Crippen LogP contribution in [0.3, 0.4) is 0 Å². The monoisotopic (exact) mass is 447 g/mol. The molecule has 4 rings (SSSR count). The molecular formula is C21H16BrClFNO2. The van der Waals surface area contributed by atoms with Crippen molar-refractivity contribution in [2.24, 2.45) is 0 Å². The summed E-state index contributed by atoms with van der Waals surface area (Å²) in [5.74, 6) is -1.34. The summed E-state index contributed by atoms with van der Waals surface area (Å²) in [6.07, 6.45) is 1.67. The first-order valence-electron chi connectivity index (χ1n) is 8.76. The molecule has 6 heteroatoms. The van der Waals surface area contributed by atoms with Gasteiger partial charge < -0.3 is 0 Å². The number of amides is 1. The first kappa shape index (κ1) is 18.4. The number of carbonyl (C=O) groups is 2. The van der Waals surface area contributed by atoms with Crippen molar-refractivity contribution >= 4 is 44.9 Å². The minimum atomic E-state index is -0.646. The average molecular weight is 449 g/mol. The van der Waals surface area contributed by atoms with Crippen LogP contribution in [0.1, 0.15) is 37.2 Å². The molecule has 0 bridgehead atoms. The van der Waals surface area contributed by atoms with E-state index in [1.807, 2.05) is 24.3 Å². The second-order valence-corrected chi connectivity index (χ2v) is 7.97. The van der Waals surface area contributed by atoms with Crippen LogP contribution < -0.4 is 4.90 Å². The van der Waals surface area contributed by atoms with E-state index in [-0.39, 0.29) is 28.7 Å². The molecule has 1 atom stereocenters. The van der Waals surface area contributed by atoms with Crippen molar-refractivity contribution in [2.45, 2.75) is 31.6 Å². The number of Topliss-reactive ketones (excluding diaryl/α,β-unsaturated/α-hetero) is 1. The third kappa shape index (κ3) is 3.13. The van der Waals surface area contributed by atoms with E-state index < -0.39 is 11.7 Å². The molecule has 0 radical (unpaired) electrons. The molecule has 0 fully saturated rings. The van der Waals surface area contributed by atoms with E-state index in [9.17, 15) is 14.0 Å². The van der Waals surface area contributed by atoms with Crippen molar-refractivity contribution in [3.8, 4) is 0 Å². The van der Waals surface area contributed by atoms with Crippen LogP contribution >= 0.6 is 27.5 Å². The number of halogens is 3. The number of hydrogen-bond donors (Lipinski definition) is 0. The zero-order valence-electron chi connectivity index (χ0n) is 14.3. The number of carbonyl (C=O) groups excluding carboxylic acids is 2. The molecule has 27 heavy (non-hydrogen) atoms. The molecule has 0 aromatic heterocycles. The Labute approximate surface area is 169 Å². The zero-order chi connectivity index (χ0) is 19.1. The maximum Gasteiger partial charge on any atom is 0.232 e. The average Bonchev–Trinajstić information content (AvgIpc) is 2.63. The first-order valence-corrected chi connectivity index (χ1v) is 9.93. The molecule has 2 aliphatic rings. The summed E-state index contributed by atoms with van der Waals surface area (Å²) in [5, 5.41) is 0.243. The number of rotatable bonds is 2. The Morgan fingerprint density at radius 1 is 1.07 bits per heavy atom. The fourth-order valence-electron chi connectivity index (χ4n) is 4.00. The van der Waals surface area contributed by atoms with E-state index in [1.165, 1.54) is 12.1 Å². The topological polar surface area (TPSA) is 37.4 Å². The highest BCUT2D eigenvalue weighted by Crippen LogP contribution is 2.46. The molecular weight excluding hydrogens is 433 g/mol. The summed E-state index contributed by atoms with van der Waals surface area (Å²) in [6, 6.07) is 11.8. The van der Waals surface area contributed by atoms with E-state index >= 15 is 0 Å². The summed E-state index contributed by atoms with van der Waals surface area (Å²) in [5.41, 5.74) is 2.12. The Morgan fingerprint density at radius 2 is 1.85 bits per heavy atom. The maximum atomic E-state index is 14.6. The van der Waals surface area contributed by atoms with Crippen LogP contribution in [0.4, 0.5) is 10.1 Å². The number of benzene rings is 2. The number of para-hydroxylation sites is 1. The molecule has 1 heterocycles. The fraction of sp³-hybridized carbons (Fsp3) is 0.238. The summed E-state index contributed by atoms with van der Waals surface area (Å²) in [4.78, 5) is 27.6. The molecule has 0 saturated carbocycles. The Morgan fingerprint density at radius 3 is 2.59 bits per heavy atom. The van der Waals surface area contributed by atoms with Crippen LogP contribution in [-0.2, 0) is 9.59 Å². The predicted octanol–water partition coefficient (Wildman–Crippen LogP) is 5.77. The highest BCUT2D eigenvalue weighted by molar-refractivity contribution is 9.10. The predicted molar refractivity (Wildman–Crippen MR) is 106 cm³/mol. The van der Waals surface area contributed by atoms with Gasteiger partial charge in [-0.25, -0.2) is 4.39 Å². The smallest absolute Gasteiger partial charge is 0.232 e. The van der Waals surface area contributed by atoms with Gasteiger partial charge in [-0.15, -0.1) is 0 Å². The van der Waals surface area contributed by atoms with Gasteiger partial charge in [-0.05, 0) is 53.0 Å². The third-order valence-electron chi connectivity index (χ3n) is 5.12. The molecule has 0 spiro atoms. The van der Waals surface area contributed by atoms with Gasteiger partial charge in [-0.3, -0.25) is 14.5 Å². The standard InChI is InChI=1S/C21H16BrClFNO2/c22-13-5-1-2-8-16(13)25-17-9-4-10-18(26)21(17)12(11-19(25)27)20-14(23)6-3-7-15(20)24/h1-3,5-8,12H,4,9-11H2. The Bertz CT molecular complexity index is 968. The summed E-state index contributed by atoms with van der Waals surface area (Å²) >= 11 is 9.75.